The van der Waals surface area contributed by atoms with E-state index in [1.165, 1.54) is 11.8 Å². The van der Waals surface area contributed by atoms with Crippen LogP contribution in [0.1, 0.15) is 5.69 Å². The second-order valence-electron chi connectivity index (χ2n) is 3.70. The molecule has 3 rings (SSSR count). The Balaban J connectivity index is 2.01. The number of anilines is 1. The summed E-state index contributed by atoms with van der Waals surface area (Å²) in [7, 11) is 0. The van der Waals surface area contributed by atoms with Gasteiger partial charge in [-0.25, -0.2) is 4.98 Å². The van der Waals surface area contributed by atoms with Crippen LogP contribution in [0.25, 0.3) is 10.9 Å². The van der Waals surface area contributed by atoms with Crippen LogP contribution in [0.5, 0.6) is 0 Å². The zero-order valence-electron chi connectivity index (χ0n) is 9.10. The van der Waals surface area contributed by atoms with Gasteiger partial charge in [0.05, 0.1) is 17.4 Å². The van der Waals surface area contributed by atoms with Crippen LogP contribution in [-0.4, -0.2) is 15.2 Å². The standard InChI is InChI=1S/C11H10N4OS/c1-6-5-16-11(14-6)17-10-3-9-7(2-8(10)12)4-13-15-9/h2-5H,12H2,1H3,(H,13,15). The quantitative estimate of drug-likeness (QED) is 0.679. The highest BCUT2D eigenvalue weighted by molar-refractivity contribution is 7.99. The molecule has 0 aliphatic carbocycles. The van der Waals surface area contributed by atoms with E-state index >= 15 is 0 Å². The minimum absolute atomic E-state index is 0.591. The minimum atomic E-state index is 0.591. The number of nitrogens with zero attached hydrogens (tertiary/aromatic N) is 2. The lowest BCUT2D eigenvalue weighted by atomic mass is 10.2. The van der Waals surface area contributed by atoms with Gasteiger partial charge < -0.3 is 10.2 Å². The zero-order chi connectivity index (χ0) is 11.8. The summed E-state index contributed by atoms with van der Waals surface area (Å²) in [5.41, 5.74) is 8.47. The van der Waals surface area contributed by atoms with Gasteiger partial charge in [0.25, 0.3) is 5.22 Å². The van der Waals surface area contributed by atoms with E-state index in [1.807, 2.05) is 19.1 Å². The van der Waals surface area contributed by atoms with Gasteiger partial charge in [0.2, 0.25) is 0 Å². The zero-order valence-corrected chi connectivity index (χ0v) is 9.91. The van der Waals surface area contributed by atoms with Crippen molar-refractivity contribution in [2.75, 3.05) is 5.73 Å². The Labute approximate surface area is 101 Å². The first-order valence-electron chi connectivity index (χ1n) is 5.05. The summed E-state index contributed by atoms with van der Waals surface area (Å²) in [6.45, 7) is 1.88. The van der Waals surface area contributed by atoms with Crippen molar-refractivity contribution in [3.63, 3.8) is 0 Å². The van der Waals surface area contributed by atoms with Gasteiger partial charge in [0.15, 0.2) is 0 Å². The highest BCUT2D eigenvalue weighted by atomic mass is 32.2. The number of benzene rings is 1. The van der Waals surface area contributed by atoms with Gasteiger partial charge in [0.1, 0.15) is 6.26 Å². The Morgan fingerprint density at radius 2 is 2.29 bits per heavy atom. The molecule has 0 spiro atoms. The number of aryl methyl sites for hydroxylation is 1. The lowest BCUT2D eigenvalue weighted by Crippen LogP contribution is -1.88. The van der Waals surface area contributed by atoms with Crippen molar-refractivity contribution in [3.05, 3.63) is 30.3 Å². The third-order valence-electron chi connectivity index (χ3n) is 2.37. The Bertz CT molecular complexity index is 673. The molecule has 0 radical (unpaired) electrons. The van der Waals surface area contributed by atoms with E-state index in [0.29, 0.717) is 10.9 Å². The lowest BCUT2D eigenvalue weighted by Gasteiger charge is -2.02. The molecule has 86 valence electrons. The van der Waals surface area contributed by atoms with Crippen LogP contribution >= 0.6 is 11.8 Å². The number of rotatable bonds is 2. The monoisotopic (exact) mass is 246 g/mol. The molecule has 6 heteroatoms. The number of hydrogen-bond acceptors (Lipinski definition) is 5. The Morgan fingerprint density at radius 3 is 3.06 bits per heavy atom. The van der Waals surface area contributed by atoms with Gasteiger partial charge in [-0.05, 0) is 30.8 Å². The van der Waals surface area contributed by atoms with Gasteiger partial charge in [0, 0.05) is 16.0 Å². The van der Waals surface area contributed by atoms with Crippen molar-refractivity contribution in [2.45, 2.75) is 17.0 Å². The molecule has 0 unspecified atom stereocenters. The summed E-state index contributed by atoms with van der Waals surface area (Å²) < 4.78 is 5.29. The molecular weight excluding hydrogens is 236 g/mol. The molecule has 1 aromatic carbocycles. The summed E-state index contributed by atoms with van der Waals surface area (Å²) in [4.78, 5) is 5.14. The summed E-state index contributed by atoms with van der Waals surface area (Å²) in [6.07, 6.45) is 3.36. The molecule has 17 heavy (non-hydrogen) atoms. The van der Waals surface area contributed by atoms with E-state index in [4.69, 9.17) is 10.2 Å². The predicted octanol–water partition coefficient (Wildman–Crippen LogP) is 2.59. The number of H-pyrrole nitrogens is 1. The van der Waals surface area contributed by atoms with Gasteiger partial charge in [-0.3, -0.25) is 5.10 Å². The molecule has 0 saturated carbocycles. The van der Waals surface area contributed by atoms with Crippen LogP contribution < -0.4 is 5.73 Å². The van der Waals surface area contributed by atoms with Crippen molar-refractivity contribution < 1.29 is 4.42 Å². The maximum atomic E-state index is 5.97. The molecule has 3 N–H and O–H groups in total. The number of hydrogen-bond donors (Lipinski definition) is 2. The summed E-state index contributed by atoms with van der Waals surface area (Å²) in [6, 6.07) is 3.83. The molecule has 0 saturated heterocycles. The first-order valence-corrected chi connectivity index (χ1v) is 5.86. The Hall–Kier alpha value is -1.95. The number of fused-ring (bicyclic) bond motifs is 1. The highest BCUT2D eigenvalue weighted by Gasteiger charge is 2.09. The first-order chi connectivity index (χ1) is 8.22. The lowest BCUT2D eigenvalue weighted by molar-refractivity contribution is 0.454. The second kappa shape index (κ2) is 3.81. The molecular formula is C11H10N4OS. The van der Waals surface area contributed by atoms with Crippen LogP contribution in [0.3, 0.4) is 0 Å². The second-order valence-corrected chi connectivity index (χ2v) is 4.70. The van der Waals surface area contributed by atoms with E-state index < -0.39 is 0 Å². The number of nitrogen functional groups attached to an aromatic ring is 1. The molecule has 0 aliphatic heterocycles. The van der Waals surface area contributed by atoms with E-state index in [-0.39, 0.29) is 0 Å². The van der Waals surface area contributed by atoms with Crippen LogP contribution in [0.2, 0.25) is 0 Å². The van der Waals surface area contributed by atoms with Crippen molar-refractivity contribution in [3.8, 4) is 0 Å². The van der Waals surface area contributed by atoms with Gasteiger partial charge in [-0.15, -0.1) is 0 Å². The van der Waals surface area contributed by atoms with Gasteiger partial charge in [-0.2, -0.15) is 5.10 Å². The van der Waals surface area contributed by atoms with Crippen molar-refractivity contribution >= 4 is 28.4 Å². The minimum Gasteiger partial charge on any atom is -0.439 e. The topological polar surface area (TPSA) is 80.7 Å². The van der Waals surface area contributed by atoms with Crippen LogP contribution in [0.4, 0.5) is 5.69 Å². The Morgan fingerprint density at radius 1 is 1.41 bits per heavy atom. The predicted molar refractivity (Wildman–Crippen MR) is 65.9 cm³/mol. The number of nitrogens with one attached hydrogen (secondary N) is 1. The number of nitrogens with two attached hydrogens (primary N) is 1. The van der Waals surface area contributed by atoms with E-state index in [2.05, 4.69) is 15.2 Å². The number of oxazole rings is 1. The van der Waals surface area contributed by atoms with Gasteiger partial charge in [-0.1, -0.05) is 0 Å². The van der Waals surface area contributed by atoms with Crippen molar-refractivity contribution in [1.82, 2.24) is 15.2 Å². The molecule has 2 aromatic heterocycles. The Kier molecular flexibility index (Phi) is 2.29. The summed E-state index contributed by atoms with van der Waals surface area (Å²) in [5.74, 6) is 0. The fourth-order valence-electron chi connectivity index (χ4n) is 1.55. The molecule has 3 aromatic rings. The first kappa shape index (κ1) is 10.2. The maximum Gasteiger partial charge on any atom is 0.260 e. The fourth-order valence-corrected chi connectivity index (χ4v) is 2.38. The average molecular weight is 246 g/mol. The van der Waals surface area contributed by atoms with Crippen molar-refractivity contribution in [1.29, 1.82) is 0 Å². The van der Waals surface area contributed by atoms with E-state index in [1.54, 1.807) is 12.5 Å². The van der Waals surface area contributed by atoms with Crippen LogP contribution in [0, 0.1) is 6.92 Å². The SMILES string of the molecule is Cc1coc(Sc2cc3[nH]ncc3cc2N)n1. The van der Waals surface area contributed by atoms with Gasteiger partial charge >= 0.3 is 0 Å². The van der Waals surface area contributed by atoms with Crippen LogP contribution in [0.15, 0.2) is 39.1 Å². The molecule has 0 amide bonds. The van der Waals surface area contributed by atoms with Crippen molar-refractivity contribution in [2.24, 2.45) is 0 Å². The molecule has 0 bridgehead atoms. The van der Waals surface area contributed by atoms with Crippen LogP contribution in [-0.2, 0) is 0 Å². The third-order valence-corrected chi connectivity index (χ3v) is 3.30. The molecule has 0 fully saturated rings. The average Bonchev–Trinajstić information content (AvgIpc) is 2.88. The van der Waals surface area contributed by atoms with E-state index in [0.717, 1.165) is 21.5 Å². The smallest absolute Gasteiger partial charge is 0.260 e. The molecule has 0 aliphatic rings. The highest BCUT2D eigenvalue weighted by Crippen LogP contribution is 2.33. The summed E-state index contributed by atoms with van der Waals surface area (Å²) >= 11 is 1.40. The number of aromatic nitrogens is 3. The normalized spacial score (nSPS) is 11.1. The largest absolute Gasteiger partial charge is 0.439 e. The third kappa shape index (κ3) is 1.87. The molecule has 5 nitrogen and oxygen atoms in total. The van der Waals surface area contributed by atoms with E-state index in [9.17, 15) is 0 Å². The maximum absolute atomic E-state index is 5.97. The summed E-state index contributed by atoms with van der Waals surface area (Å²) in [5, 5.41) is 8.46. The fraction of sp³-hybridized carbons (Fsp3) is 0.0909. The number of aromatic amines is 1. The molecule has 0 atom stereocenters. The molecule has 2 heterocycles.